The second-order valence-corrected chi connectivity index (χ2v) is 4.75. The van der Waals surface area contributed by atoms with Gasteiger partial charge in [0.15, 0.2) is 6.29 Å². The highest BCUT2D eigenvalue weighted by Crippen LogP contribution is 2.23. The first-order valence-corrected chi connectivity index (χ1v) is 6.86. The molecule has 1 fully saturated rings. The van der Waals surface area contributed by atoms with Crippen LogP contribution in [0.1, 0.15) is 26.2 Å². The third kappa shape index (κ3) is 3.86. The van der Waals surface area contributed by atoms with Crippen molar-refractivity contribution in [3.8, 4) is 0 Å². The molecular weight excluding hydrogens is 300 g/mol. The van der Waals surface area contributed by atoms with E-state index >= 15 is 0 Å². The highest BCUT2D eigenvalue weighted by Gasteiger charge is 2.28. The van der Waals surface area contributed by atoms with Crippen molar-refractivity contribution in [2.45, 2.75) is 38.1 Å². The molecule has 1 heterocycles. The van der Waals surface area contributed by atoms with Gasteiger partial charge in [0, 0.05) is 17.3 Å². The largest absolute Gasteiger partial charge is 0.353 e. The Hall–Kier alpha value is 0.880. The third-order valence-corrected chi connectivity index (χ3v) is 4.49. The zero-order valence-corrected chi connectivity index (χ0v) is 11.1. The molecule has 4 heteroatoms. The summed E-state index contributed by atoms with van der Waals surface area (Å²) in [5, 5.41) is 1.65. The molecule has 0 aromatic carbocycles. The molecular formula is C9H16Br2O2. The summed E-state index contributed by atoms with van der Waals surface area (Å²) < 4.78 is 11.4. The van der Waals surface area contributed by atoms with Crippen molar-refractivity contribution in [2.75, 3.05) is 17.3 Å². The van der Waals surface area contributed by atoms with Crippen molar-refractivity contribution in [2.24, 2.45) is 0 Å². The first-order valence-electron chi connectivity index (χ1n) is 4.61. The van der Waals surface area contributed by atoms with Crippen molar-refractivity contribution >= 4 is 31.9 Å². The smallest absolute Gasteiger partial charge is 0.158 e. The molecule has 78 valence electrons. The van der Waals surface area contributed by atoms with Gasteiger partial charge in [-0.2, -0.15) is 0 Å². The highest BCUT2D eigenvalue weighted by atomic mass is 79.9. The molecule has 1 atom stereocenters. The third-order valence-electron chi connectivity index (χ3n) is 2.12. The lowest BCUT2D eigenvalue weighted by Crippen LogP contribution is -2.39. The monoisotopic (exact) mass is 314 g/mol. The van der Waals surface area contributed by atoms with Gasteiger partial charge in [0.1, 0.15) is 0 Å². The predicted molar refractivity (Wildman–Crippen MR) is 60.7 cm³/mol. The van der Waals surface area contributed by atoms with E-state index in [0.29, 0.717) is 0 Å². The van der Waals surface area contributed by atoms with Crippen molar-refractivity contribution in [1.29, 1.82) is 0 Å². The van der Waals surface area contributed by atoms with Crippen molar-refractivity contribution in [3.63, 3.8) is 0 Å². The van der Waals surface area contributed by atoms with E-state index in [1.807, 2.05) is 0 Å². The fourth-order valence-electron chi connectivity index (χ4n) is 1.22. The van der Waals surface area contributed by atoms with E-state index in [1.54, 1.807) is 0 Å². The normalized spacial score (nSPS) is 24.7. The standard InChI is InChI=1S/C9H16Br2O2/c1-9(6-10,7-11)13-8-4-2-3-5-12-8/h8H,2-7H2,1H3. The van der Waals surface area contributed by atoms with Gasteiger partial charge >= 0.3 is 0 Å². The van der Waals surface area contributed by atoms with E-state index in [1.165, 1.54) is 12.8 Å². The van der Waals surface area contributed by atoms with Crippen LogP contribution in [-0.4, -0.2) is 29.2 Å². The number of hydrogen-bond acceptors (Lipinski definition) is 2. The molecule has 0 aliphatic carbocycles. The summed E-state index contributed by atoms with van der Waals surface area (Å²) in [6.07, 6.45) is 3.40. The van der Waals surface area contributed by atoms with Gasteiger partial charge in [-0.3, -0.25) is 0 Å². The fourth-order valence-corrected chi connectivity index (χ4v) is 2.41. The molecule has 0 radical (unpaired) electrons. The summed E-state index contributed by atoms with van der Waals surface area (Å²) in [4.78, 5) is 0. The zero-order valence-electron chi connectivity index (χ0n) is 7.89. The van der Waals surface area contributed by atoms with E-state index in [2.05, 4.69) is 38.8 Å². The van der Waals surface area contributed by atoms with Gasteiger partial charge in [-0.1, -0.05) is 31.9 Å². The maximum Gasteiger partial charge on any atom is 0.158 e. The van der Waals surface area contributed by atoms with E-state index in [4.69, 9.17) is 9.47 Å². The SMILES string of the molecule is CC(CBr)(CBr)OC1CCCCO1. The molecule has 13 heavy (non-hydrogen) atoms. The molecule has 1 aliphatic rings. The Morgan fingerprint density at radius 2 is 2.08 bits per heavy atom. The van der Waals surface area contributed by atoms with Crippen LogP contribution < -0.4 is 0 Å². The van der Waals surface area contributed by atoms with Crippen LogP contribution in [0.2, 0.25) is 0 Å². The maximum absolute atomic E-state index is 5.86. The van der Waals surface area contributed by atoms with E-state index in [9.17, 15) is 0 Å². The molecule has 1 rings (SSSR count). The summed E-state index contributed by atoms with van der Waals surface area (Å²) in [6, 6.07) is 0. The Morgan fingerprint density at radius 1 is 1.38 bits per heavy atom. The predicted octanol–water partition coefficient (Wildman–Crippen LogP) is 3.08. The van der Waals surface area contributed by atoms with Gasteiger partial charge < -0.3 is 9.47 Å². The van der Waals surface area contributed by atoms with Crippen LogP contribution in [0.5, 0.6) is 0 Å². The molecule has 0 aromatic rings. The van der Waals surface area contributed by atoms with Crippen LogP contribution in [0, 0.1) is 0 Å². The second-order valence-electron chi connectivity index (χ2n) is 3.63. The van der Waals surface area contributed by atoms with Crippen LogP contribution in [-0.2, 0) is 9.47 Å². The van der Waals surface area contributed by atoms with Crippen LogP contribution in [0.3, 0.4) is 0 Å². The van der Waals surface area contributed by atoms with Crippen LogP contribution >= 0.6 is 31.9 Å². The Labute approximate surface area is 96.6 Å². The second kappa shape index (κ2) is 5.69. The van der Waals surface area contributed by atoms with Crippen molar-refractivity contribution in [3.05, 3.63) is 0 Å². The summed E-state index contributed by atoms with van der Waals surface area (Å²) in [5.74, 6) is 0. The lowest BCUT2D eigenvalue weighted by Gasteiger charge is -2.32. The highest BCUT2D eigenvalue weighted by molar-refractivity contribution is 9.09. The molecule has 0 spiro atoms. The Kier molecular flexibility index (Phi) is 5.23. The molecule has 0 bridgehead atoms. The van der Waals surface area contributed by atoms with Gasteiger partial charge in [-0.25, -0.2) is 0 Å². The minimum atomic E-state index is -0.151. The average Bonchev–Trinajstić information content (AvgIpc) is 2.19. The number of rotatable bonds is 4. The minimum Gasteiger partial charge on any atom is -0.353 e. The number of hydrogen-bond donors (Lipinski definition) is 0. The quantitative estimate of drug-likeness (QED) is 0.742. The maximum atomic E-state index is 5.86. The van der Waals surface area contributed by atoms with E-state index in [-0.39, 0.29) is 11.9 Å². The van der Waals surface area contributed by atoms with Crippen LogP contribution in [0.25, 0.3) is 0 Å². The Bertz CT molecular complexity index is 143. The molecule has 0 N–H and O–H groups in total. The van der Waals surface area contributed by atoms with Crippen molar-refractivity contribution < 1.29 is 9.47 Å². The van der Waals surface area contributed by atoms with Gasteiger partial charge in [0.2, 0.25) is 0 Å². The molecule has 2 nitrogen and oxygen atoms in total. The molecule has 1 aliphatic heterocycles. The summed E-state index contributed by atoms with van der Waals surface area (Å²) in [7, 11) is 0. The van der Waals surface area contributed by atoms with Gasteiger partial charge in [-0.05, 0) is 26.2 Å². The topological polar surface area (TPSA) is 18.5 Å². The molecule has 1 saturated heterocycles. The molecule has 1 unspecified atom stereocenters. The van der Waals surface area contributed by atoms with Gasteiger partial charge in [-0.15, -0.1) is 0 Å². The molecule has 0 saturated carbocycles. The van der Waals surface area contributed by atoms with Crippen molar-refractivity contribution in [1.82, 2.24) is 0 Å². The Morgan fingerprint density at radius 3 is 2.54 bits per heavy atom. The summed E-state index contributed by atoms with van der Waals surface area (Å²) in [6.45, 7) is 2.92. The van der Waals surface area contributed by atoms with Gasteiger partial charge in [0.25, 0.3) is 0 Å². The Balaban J connectivity index is 2.35. The molecule has 0 amide bonds. The lowest BCUT2D eigenvalue weighted by atomic mass is 10.1. The van der Waals surface area contributed by atoms with E-state index < -0.39 is 0 Å². The number of alkyl halides is 2. The van der Waals surface area contributed by atoms with Gasteiger partial charge in [0.05, 0.1) is 5.60 Å². The fraction of sp³-hybridized carbons (Fsp3) is 1.00. The molecule has 0 aromatic heterocycles. The van der Waals surface area contributed by atoms with Crippen LogP contribution in [0.4, 0.5) is 0 Å². The lowest BCUT2D eigenvalue weighted by molar-refractivity contribution is -0.206. The first kappa shape index (κ1) is 12.0. The average molecular weight is 316 g/mol. The van der Waals surface area contributed by atoms with E-state index in [0.717, 1.165) is 23.7 Å². The summed E-state index contributed by atoms with van der Waals surface area (Å²) in [5.41, 5.74) is -0.151. The summed E-state index contributed by atoms with van der Waals surface area (Å²) >= 11 is 6.90. The number of halogens is 2. The van der Waals surface area contributed by atoms with Crippen LogP contribution in [0.15, 0.2) is 0 Å². The number of ether oxygens (including phenoxy) is 2. The zero-order chi connectivity index (χ0) is 9.73. The minimum absolute atomic E-state index is 0.00569. The first-order chi connectivity index (χ1) is 6.20.